The fourth-order valence-electron chi connectivity index (χ4n) is 2.52. The predicted octanol–water partition coefficient (Wildman–Crippen LogP) is 4.23. The van der Waals surface area contributed by atoms with Crippen molar-refractivity contribution in [2.24, 2.45) is 5.10 Å². The molecule has 1 N–H and O–H groups in total. The van der Waals surface area contributed by atoms with Crippen LogP contribution in [0.5, 0.6) is 0 Å². The maximum absolute atomic E-state index is 4.56. The molecule has 0 aliphatic rings. The third-order valence-electron chi connectivity index (χ3n) is 3.63. The molecule has 4 aromatic rings. The first-order valence-electron chi connectivity index (χ1n) is 7.39. The average Bonchev–Trinajstić information content (AvgIpc) is 2.62. The van der Waals surface area contributed by atoms with Gasteiger partial charge in [-0.2, -0.15) is 5.10 Å². The van der Waals surface area contributed by atoms with Gasteiger partial charge in [-0.25, -0.2) is 4.98 Å². The lowest BCUT2D eigenvalue weighted by atomic mass is 10.2. The molecular weight excluding hydrogens is 284 g/mol. The van der Waals surface area contributed by atoms with E-state index in [0.29, 0.717) is 0 Å². The summed E-state index contributed by atoms with van der Waals surface area (Å²) in [5.74, 6) is 0. The summed E-state index contributed by atoms with van der Waals surface area (Å²) < 4.78 is 0. The van der Waals surface area contributed by atoms with E-state index in [-0.39, 0.29) is 0 Å². The normalized spacial score (nSPS) is 11.3. The largest absolute Gasteiger partial charge is 0.276 e. The molecule has 0 atom stereocenters. The number of nitrogens with one attached hydrogen (secondary N) is 1. The fourth-order valence-corrected chi connectivity index (χ4v) is 2.52. The van der Waals surface area contributed by atoms with E-state index in [1.807, 2.05) is 66.7 Å². The Balaban J connectivity index is 1.60. The van der Waals surface area contributed by atoms with Gasteiger partial charge in [-0.05, 0) is 24.3 Å². The molecule has 2 aromatic carbocycles. The van der Waals surface area contributed by atoms with Crippen molar-refractivity contribution in [2.45, 2.75) is 0 Å². The van der Waals surface area contributed by atoms with Crippen molar-refractivity contribution in [2.75, 3.05) is 5.43 Å². The molecule has 4 rings (SSSR count). The lowest BCUT2D eigenvalue weighted by Crippen LogP contribution is -1.94. The maximum atomic E-state index is 4.56. The molecule has 4 nitrogen and oxygen atoms in total. The Labute approximate surface area is 133 Å². The Morgan fingerprint density at radius 1 is 0.826 bits per heavy atom. The van der Waals surface area contributed by atoms with E-state index in [2.05, 4.69) is 20.5 Å². The summed E-state index contributed by atoms with van der Waals surface area (Å²) in [5, 5.41) is 6.49. The molecule has 0 bridgehead atoms. The van der Waals surface area contributed by atoms with E-state index in [4.69, 9.17) is 0 Å². The van der Waals surface area contributed by atoms with Gasteiger partial charge in [-0.3, -0.25) is 10.4 Å². The van der Waals surface area contributed by atoms with Gasteiger partial charge in [0.1, 0.15) is 0 Å². The van der Waals surface area contributed by atoms with Crippen LogP contribution in [0.1, 0.15) is 5.69 Å². The van der Waals surface area contributed by atoms with E-state index in [1.165, 1.54) is 0 Å². The van der Waals surface area contributed by atoms with Crippen LogP contribution >= 0.6 is 0 Å². The summed E-state index contributed by atoms with van der Waals surface area (Å²) in [6, 6.07) is 22.0. The number of aromatic nitrogens is 2. The highest BCUT2D eigenvalue weighted by molar-refractivity contribution is 5.91. The van der Waals surface area contributed by atoms with Crippen LogP contribution in [0, 0.1) is 0 Å². The molecule has 0 fully saturated rings. The Bertz CT molecular complexity index is 1000. The first-order chi connectivity index (χ1) is 11.4. The number of hydrogen-bond acceptors (Lipinski definition) is 4. The first-order valence-corrected chi connectivity index (χ1v) is 7.39. The first kappa shape index (κ1) is 13.4. The zero-order valence-corrected chi connectivity index (χ0v) is 12.3. The topological polar surface area (TPSA) is 50.2 Å². The Kier molecular flexibility index (Phi) is 3.41. The minimum absolute atomic E-state index is 0.810. The van der Waals surface area contributed by atoms with E-state index < -0.39 is 0 Å². The SMILES string of the molecule is C(=NNc1cccc2cccnc12)c1ccc2ccccc2n1. The van der Waals surface area contributed by atoms with Crippen molar-refractivity contribution in [3.63, 3.8) is 0 Å². The summed E-state index contributed by atoms with van der Waals surface area (Å²) in [5.41, 5.74) is 6.60. The van der Waals surface area contributed by atoms with Crippen molar-refractivity contribution < 1.29 is 0 Å². The highest BCUT2D eigenvalue weighted by Crippen LogP contribution is 2.20. The van der Waals surface area contributed by atoms with Crippen molar-refractivity contribution >= 4 is 33.7 Å². The van der Waals surface area contributed by atoms with E-state index in [9.17, 15) is 0 Å². The molecule has 2 aromatic heterocycles. The number of benzene rings is 2. The fraction of sp³-hybridized carbons (Fsp3) is 0. The van der Waals surface area contributed by atoms with Crippen molar-refractivity contribution in [3.05, 3.63) is 78.6 Å². The zero-order valence-electron chi connectivity index (χ0n) is 12.3. The van der Waals surface area contributed by atoms with E-state index >= 15 is 0 Å². The van der Waals surface area contributed by atoms with Gasteiger partial charge >= 0.3 is 0 Å². The van der Waals surface area contributed by atoms with Crippen LogP contribution in [0.2, 0.25) is 0 Å². The second kappa shape index (κ2) is 5.85. The van der Waals surface area contributed by atoms with Gasteiger partial charge in [0.25, 0.3) is 0 Å². The van der Waals surface area contributed by atoms with Crippen molar-refractivity contribution in [1.82, 2.24) is 9.97 Å². The standard InChI is InChI=1S/C19H14N4/c1-2-8-17-14(5-1)10-11-16(22-17)13-21-23-18-9-3-6-15-7-4-12-20-19(15)18/h1-13,23H. The molecule has 0 aliphatic heterocycles. The maximum Gasteiger partial charge on any atom is 0.0951 e. The Morgan fingerprint density at radius 3 is 2.70 bits per heavy atom. The summed E-state index contributed by atoms with van der Waals surface area (Å²) in [6.45, 7) is 0. The summed E-state index contributed by atoms with van der Waals surface area (Å²) in [4.78, 5) is 8.96. The van der Waals surface area contributed by atoms with Crippen LogP contribution in [-0.2, 0) is 0 Å². The van der Waals surface area contributed by atoms with Gasteiger partial charge in [0.2, 0.25) is 0 Å². The van der Waals surface area contributed by atoms with Gasteiger partial charge in [0.05, 0.1) is 28.6 Å². The lowest BCUT2D eigenvalue weighted by Gasteiger charge is -2.04. The molecule has 2 heterocycles. The number of nitrogens with zero attached hydrogens (tertiary/aromatic N) is 3. The smallest absolute Gasteiger partial charge is 0.0951 e. The Hall–Kier alpha value is -3.27. The molecule has 0 spiro atoms. The molecule has 0 saturated carbocycles. The Morgan fingerprint density at radius 2 is 1.70 bits per heavy atom. The highest BCUT2D eigenvalue weighted by Gasteiger charge is 2.00. The second-order valence-corrected chi connectivity index (χ2v) is 5.18. The molecule has 23 heavy (non-hydrogen) atoms. The molecular formula is C19H14N4. The molecule has 0 radical (unpaired) electrons. The highest BCUT2D eigenvalue weighted by atomic mass is 15.3. The zero-order chi connectivity index (χ0) is 15.5. The quantitative estimate of drug-likeness (QED) is 0.455. The number of rotatable bonds is 3. The molecule has 0 amide bonds. The van der Waals surface area contributed by atoms with E-state index in [0.717, 1.165) is 33.2 Å². The van der Waals surface area contributed by atoms with Gasteiger partial charge in [0.15, 0.2) is 0 Å². The minimum Gasteiger partial charge on any atom is -0.276 e. The number of para-hydroxylation sites is 2. The molecule has 4 heteroatoms. The van der Waals surface area contributed by atoms with Crippen LogP contribution in [-0.4, -0.2) is 16.2 Å². The third kappa shape index (κ3) is 2.74. The van der Waals surface area contributed by atoms with Gasteiger partial charge in [-0.1, -0.05) is 42.5 Å². The monoisotopic (exact) mass is 298 g/mol. The van der Waals surface area contributed by atoms with Gasteiger partial charge in [-0.15, -0.1) is 0 Å². The van der Waals surface area contributed by atoms with Crippen molar-refractivity contribution in [3.8, 4) is 0 Å². The number of anilines is 1. The third-order valence-corrected chi connectivity index (χ3v) is 3.63. The van der Waals surface area contributed by atoms with Crippen molar-refractivity contribution in [1.29, 1.82) is 0 Å². The van der Waals surface area contributed by atoms with Crippen LogP contribution in [0.4, 0.5) is 5.69 Å². The molecule has 0 unspecified atom stereocenters. The minimum atomic E-state index is 0.810. The number of fused-ring (bicyclic) bond motifs is 2. The predicted molar refractivity (Wildman–Crippen MR) is 94.7 cm³/mol. The summed E-state index contributed by atoms with van der Waals surface area (Å²) >= 11 is 0. The molecule has 0 aliphatic carbocycles. The average molecular weight is 298 g/mol. The lowest BCUT2D eigenvalue weighted by molar-refractivity contribution is 1.31. The van der Waals surface area contributed by atoms with Gasteiger partial charge in [0, 0.05) is 17.0 Å². The van der Waals surface area contributed by atoms with E-state index in [1.54, 1.807) is 12.4 Å². The molecule has 110 valence electrons. The van der Waals surface area contributed by atoms with Crippen LogP contribution < -0.4 is 5.43 Å². The molecule has 0 saturated heterocycles. The van der Waals surface area contributed by atoms with Crippen LogP contribution in [0.15, 0.2) is 78.0 Å². The van der Waals surface area contributed by atoms with Gasteiger partial charge < -0.3 is 0 Å². The number of hydrogen-bond donors (Lipinski definition) is 1. The summed E-state index contributed by atoms with van der Waals surface area (Å²) in [6.07, 6.45) is 3.50. The number of pyridine rings is 2. The second-order valence-electron chi connectivity index (χ2n) is 5.18. The summed E-state index contributed by atoms with van der Waals surface area (Å²) in [7, 11) is 0. The number of hydrazone groups is 1. The van der Waals surface area contributed by atoms with Crippen LogP contribution in [0.3, 0.4) is 0 Å². The van der Waals surface area contributed by atoms with Crippen LogP contribution in [0.25, 0.3) is 21.8 Å².